The number of aromatic carboxylic acids is 1. The standard InChI is InChI=1S/C9H10N2O3S/c1-6(12)10-4-2-3-7-5-15-8(11-7)9(13)14/h2-3,5H,4H2,1H3,(H,10,12)(H,13,14)/p-1. The minimum atomic E-state index is -1.28. The largest absolute Gasteiger partial charge is 0.542 e. The van der Waals surface area contributed by atoms with Crippen molar-refractivity contribution in [2.45, 2.75) is 6.92 Å². The van der Waals surface area contributed by atoms with E-state index in [0.717, 1.165) is 11.3 Å². The first-order valence-electron chi connectivity index (χ1n) is 4.17. The summed E-state index contributed by atoms with van der Waals surface area (Å²) in [4.78, 5) is 24.7. The minimum Gasteiger partial charge on any atom is -0.542 e. The van der Waals surface area contributed by atoms with Crippen LogP contribution < -0.4 is 10.4 Å². The number of nitrogens with zero attached hydrogens (tertiary/aromatic N) is 1. The van der Waals surface area contributed by atoms with Crippen LogP contribution in [0.2, 0.25) is 0 Å². The molecule has 1 N–H and O–H groups in total. The molecule has 1 heterocycles. The molecule has 0 atom stereocenters. The van der Waals surface area contributed by atoms with Crippen molar-refractivity contribution in [1.29, 1.82) is 0 Å². The molecule has 80 valence electrons. The molecule has 0 aromatic carbocycles. The lowest BCUT2D eigenvalue weighted by molar-refractivity contribution is -0.255. The molecule has 6 heteroatoms. The Kier molecular flexibility index (Phi) is 3.99. The third kappa shape index (κ3) is 3.90. The molecule has 0 radical (unpaired) electrons. The summed E-state index contributed by atoms with van der Waals surface area (Å²) < 4.78 is 0. The van der Waals surface area contributed by atoms with Gasteiger partial charge in [0.2, 0.25) is 5.91 Å². The van der Waals surface area contributed by atoms with E-state index in [4.69, 9.17) is 0 Å². The SMILES string of the molecule is CC(=O)NCC=Cc1csc(C(=O)[O-])n1. The van der Waals surface area contributed by atoms with Crippen LogP contribution in [0.5, 0.6) is 0 Å². The molecule has 0 unspecified atom stereocenters. The zero-order valence-electron chi connectivity index (χ0n) is 8.02. The second kappa shape index (κ2) is 5.26. The second-order valence-corrected chi connectivity index (χ2v) is 3.56. The minimum absolute atomic E-state index is 0.0471. The van der Waals surface area contributed by atoms with Crippen LogP contribution in [-0.4, -0.2) is 23.4 Å². The van der Waals surface area contributed by atoms with E-state index in [1.54, 1.807) is 17.5 Å². The van der Waals surface area contributed by atoms with Crippen molar-refractivity contribution in [2.24, 2.45) is 0 Å². The third-order valence-corrected chi connectivity index (χ3v) is 2.29. The number of hydrogen-bond donors (Lipinski definition) is 1. The van der Waals surface area contributed by atoms with Crippen LogP contribution in [0.3, 0.4) is 0 Å². The van der Waals surface area contributed by atoms with Gasteiger partial charge in [-0.1, -0.05) is 6.08 Å². The Morgan fingerprint density at radius 2 is 2.40 bits per heavy atom. The number of carboxylic acids is 1. The lowest BCUT2D eigenvalue weighted by Crippen LogP contribution is -2.21. The highest BCUT2D eigenvalue weighted by atomic mass is 32.1. The Balaban J connectivity index is 2.50. The van der Waals surface area contributed by atoms with Gasteiger partial charge in [-0.05, 0) is 6.08 Å². The summed E-state index contributed by atoms with van der Waals surface area (Å²) in [6.07, 6.45) is 3.33. The van der Waals surface area contributed by atoms with Gasteiger partial charge in [0.05, 0.1) is 5.69 Å². The maximum Gasteiger partial charge on any atom is 0.217 e. The van der Waals surface area contributed by atoms with E-state index in [1.165, 1.54) is 6.92 Å². The van der Waals surface area contributed by atoms with E-state index < -0.39 is 5.97 Å². The van der Waals surface area contributed by atoms with Crippen molar-refractivity contribution in [3.63, 3.8) is 0 Å². The van der Waals surface area contributed by atoms with Gasteiger partial charge in [-0.25, -0.2) is 4.98 Å². The van der Waals surface area contributed by atoms with Crippen molar-refractivity contribution in [1.82, 2.24) is 10.3 Å². The van der Waals surface area contributed by atoms with Gasteiger partial charge < -0.3 is 15.2 Å². The fourth-order valence-electron chi connectivity index (χ4n) is 0.839. The summed E-state index contributed by atoms with van der Waals surface area (Å²) in [6, 6.07) is 0. The predicted octanol–water partition coefficient (Wildman–Crippen LogP) is -0.344. The quantitative estimate of drug-likeness (QED) is 0.759. The van der Waals surface area contributed by atoms with Gasteiger partial charge in [0.15, 0.2) is 0 Å². The molecular formula is C9H9N2O3S-. The lowest BCUT2D eigenvalue weighted by atomic mass is 10.4. The van der Waals surface area contributed by atoms with Crippen LogP contribution in [0, 0.1) is 0 Å². The monoisotopic (exact) mass is 225 g/mol. The number of carbonyl (C=O) groups is 2. The molecule has 0 aliphatic rings. The van der Waals surface area contributed by atoms with Gasteiger partial charge >= 0.3 is 0 Å². The fraction of sp³-hybridized carbons (Fsp3) is 0.222. The molecule has 0 bridgehead atoms. The molecule has 0 spiro atoms. The molecule has 1 aromatic heterocycles. The van der Waals surface area contributed by atoms with Gasteiger partial charge in [-0.3, -0.25) is 4.79 Å². The van der Waals surface area contributed by atoms with Crippen LogP contribution >= 0.6 is 11.3 Å². The van der Waals surface area contributed by atoms with E-state index >= 15 is 0 Å². The highest BCUT2D eigenvalue weighted by Gasteiger charge is 1.98. The number of carboxylic acid groups (broad SMARTS) is 1. The average Bonchev–Trinajstić information content (AvgIpc) is 2.60. The van der Waals surface area contributed by atoms with Crippen molar-refractivity contribution >= 4 is 29.3 Å². The predicted molar refractivity (Wildman–Crippen MR) is 54.2 cm³/mol. The molecule has 0 fully saturated rings. The molecule has 1 amide bonds. The second-order valence-electron chi connectivity index (χ2n) is 2.70. The van der Waals surface area contributed by atoms with Crippen molar-refractivity contribution in [2.75, 3.05) is 6.54 Å². The highest BCUT2D eigenvalue weighted by Crippen LogP contribution is 2.09. The first kappa shape index (κ1) is 11.4. The highest BCUT2D eigenvalue weighted by molar-refractivity contribution is 7.11. The number of hydrogen-bond acceptors (Lipinski definition) is 5. The van der Waals surface area contributed by atoms with Crippen LogP contribution in [-0.2, 0) is 4.79 Å². The van der Waals surface area contributed by atoms with E-state index in [2.05, 4.69) is 10.3 Å². The number of aromatic nitrogens is 1. The molecule has 0 aliphatic heterocycles. The molecule has 1 rings (SSSR count). The smallest absolute Gasteiger partial charge is 0.217 e. The number of rotatable bonds is 4. The van der Waals surface area contributed by atoms with Crippen LogP contribution in [0.25, 0.3) is 6.08 Å². The normalized spacial score (nSPS) is 10.5. The van der Waals surface area contributed by atoms with Crippen LogP contribution in [0.1, 0.15) is 22.4 Å². The summed E-state index contributed by atoms with van der Waals surface area (Å²) in [5, 5.41) is 14.5. The molecule has 5 nitrogen and oxygen atoms in total. The van der Waals surface area contributed by atoms with Crippen molar-refractivity contribution in [3.05, 3.63) is 22.2 Å². The van der Waals surface area contributed by atoms with E-state index in [9.17, 15) is 14.7 Å². The first-order valence-corrected chi connectivity index (χ1v) is 5.05. The van der Waals surface area contributed by atoms with Crippen LogP contribution in [0.4, 0.5) is 0 Å². The van der Waals surface area contributed by atoms with Gasteiger partial charge in [0.25, 0.3) is 0 Å². The summed E-state index contributed by atoms with van der Waals surface area (Å²) in [5.74, 6) is -1.39. The summed E-state index contributed by atoms with van der Waals surface area (Å²) in [7, 11) is 0. The van der Waals surface area contributed by atoms with E-state index in [1.807, 2.05) is 0 Å². The first-order chi connectivity index (χ1) is 7.09. The number of nitrogens with one attached hydrogen (secondary N) is 1. The topological polar surface area (TPSA) is 82.1 Å². The molecule has 0 saturated carbocycles. The van der Waals surface area contributed by atoms with Gasteiger partial charge in [0, 0.05) is 18.8 Å². The Hall–Kier alpha value is -1.69. The summed E-state index contributed by atoms with van der Waals surface area (Å²) in [5.41, 5.74) is 0.546. The molecule has 15 heavy (non-hydrogen) atoms. The maximum atomic E-state index is 10.5. The van der Waals surface area contributed by atoms with Crippen LogP contribution in [0.15, 0.2) is 11.5 Å². The molecule has 0 saturated heterocycles. The average molecular weight is 225 g/mol. The van der Waals surface area contributed by atoms with Gasteiger partial charge in [-0.2, -0.15) is 0 Å². The number of carbonyl (C=O) groups excluding carboxylic acids is 2. The Labute approximate surface area is 90.5 Å². The molecule has 0 aliphatic carbocycles. The van der Waals surface area contributed by atoms with E-state index in [0.29, 0.717) is 12.2 Å². The fourth-order valence-corrected chi connectivity index (χ4v) is 1.46. The zero-order valence-corrected chi connectivity index (χ0v) is 8.84. The Bertz CT molecular complexity index is 398. The molecular weight excluding hydrogens is 216 g/mol. The maximum absolute atomic E-state index is 10.5. The Morgan fingerprint density at radius 3 is 2.93 bits per heavy atom. The third-order valence-electron chi connectivity index (χ3n) is 1.45. The van der Waals surface area contributed by atoms with Crippen molar-refractivity contribution in [3.8, 4) is 0 Å². The van der Waals surface area contributed by atoms with Gasteiger partial charge in [0.1, 0.15) is 11.0 Å². The summed E-state index contributed by atoms with van der Waals surface area (Å²) >= 11 is 1.01. The number of amides is 1. The summed E-state index contributed by atoms with van der Waals surface area (Å²) in [6.45, 7) is 1.82. The van der Waals surface area contributed by atoms with Crippen molar-refractivity contribution < 1.29 is 14.7 Å². The van der Waals surface area contributed by atoms with E-state index in [-0.39, 0.29) is 10.9 Å². The zero-order chi connectivity index (χ0) is 11.3. The van der Waals surface area contributed by atoms with Gasteiger partial charge in [-0.15, -0.1) is 11.3 Å². The Morgan fingerprint density at radius 1 is 1.67 bits per heavy atom. The molecule has 1 aromatic rings. The number of thiazole rings is 1. The lowest BCUT2D eigenvalue weighted by Gasteiger charge is -1.93.